The van der Waals surface area contributed by atoms with E-state index >= 15 is 0 Å². The number of nitrogens with one attached hydrogen (secondary N) is 2. The first-order valence-electron chi connectivity index (χ1n) is 12.1. The fourth-order valence-electron chi connectivity index (χ4n) is 3.81. The molecule has 0 aliphatic carbocycles. The second-order valence-corrected chi connectivity index (χ2v) is 9.77. The molecule has 2 N–H and O–H groups in total. The van der Waals surface area contributed by atoms with Crippen molar-refractivity contribution in [3.63, 3.8) is 0 Å². The predicted octanol–water partition coefficient (Wildman–Crippen LogP) is 4.46. The van der Waals surface area contributed by atoms with Crippen molar-refractivity contribution < 1.29 is 18.3 Å². The molecule has 10 nitrogen and oxygen atoms in total. The van der Waals surface area contributed by atoms with Crippen LogP contribution in [-0.2, 0) is 22.5 Å². The monoisotopic (exact) mass is 590 g/mol. The van der Waals surface area contributed by atoms with E-state index in [2.05, 4.69) is 42.6 Å². The first kappa shape index (κ1) is 29.2. The van der Waals surface area contributed by atoms with Crippen molar-refractivity contribution in [3.8, 4) is 0 Å². The molecule has 1 aromatic carbocycles. The predicted molar refractivity (Wildman–Crippen MR) is 149 cm³/mol. The molecule has 0 spiro atoms. The minimum absolute atomic E-state index is 0.0367. The van der Waals surface area contributed by atoms with Crippen LogP contribution < -0.4 is 10.6 Å². The van der Waals surface area contributed by atoms with Crippen molar-refractivity contribution in [1.82, 2.24) is 30.5 Å². The molecule has 1 aliphatic heterocycles. The maximum Gasteiger partial charge on any atom is 0.301 e. The lowest BCUT2D eigenvalue weighted by Gasteiger charge is -2.29. The SMILES string of the molecule is C=C(NC1COC1)c1cc(C)cc(Cl)c1NC(=O)/C(=C/C(Cn1nnc(C(F)F)n1)=N\C)Cc1ncccc1Cl. The van der Waals surface area contributed by atoms with Gasteiger partial charge in [0.25, 0.3) is 5.91 Å². The molecule has 1 fully saturated rings. The molecular formula is C26H26Cl2F2N8O2. The molecule has 1 saturated heterocycles. The van der Waals surface area contributed by atoms with Crippen LogP contribution in [0.15, 0.2) is 53.7 Å². The Morgan fingerprint density at radius 2 is 2.10 bits per heavy atom. The highest BCUT2D eigenvalue weighted by atomic mass is 35.5. The van der Waals surface area contributed by atoms with Gasteiger partial charge in [0.1, 0.15) is 6.54 Å². The molecule has 40 heavy (non-hydrogen) atoms. The van der Waals surface area contributed by atoms with Crippen LogP contribution in [0.1, 0.15) is 29.1 Å². The van der Waals surface area contributed by atoms with Crippen molar-refractivity contribution in [2.75, 3.05) is 25.6 Å². The molecular weight excluding hydrogens is 565 g/mol. The summed E-state index contributed by atoms with van der Waals surface area (Å²) in [6.45, 7) is 7.01. The van der Waals surface area contributed by atoms with Crippen LogP contribution in [0.25, 0.3) is 5.70 Å². The number of alkyl halides is 2. The number of carbonyl (C=O) groups excluding carboxylic acids is 1. The van der Waals surface area contributed by atoms with Gasteiger partial charge in [-0.15, -0.1) is 10.2 Å². The summed E-state index contributed by atoms with van der Waals surface area (Å²) in [5.74, 6) is -1.21. The molecule has 1 amide bonds. The average Bonchev–Trinajstić information content (AvgIpc) is 3.36. The van der Waals surface area contributed by atoms with Crippen LogP contribution in [0.3, 0.4) is 0 Å². The number of aliphatic imine (C=N–C) groups is 1. The van der Waals surface area contributed by atoms with Gasteiger partial charge < -0.3 is 15.4 Å². The zero-order chi connectivity index (χ0) is 28.8. The number of hydrogen-bond acceptors (Lipinski definition) is 8. The van der Waals surface area contributed by atoms with Gasteiger partial charge >= 0.3 is 6.43 Å². The van der Waals surface area contributed by atoms with E-state index in [-0.39, 0.29) is 24.6 Å². The largest absolute Gasteiger partial charge is 0.378 e. The van der Waals surface area contributed by atoms with Crippen molar-refractivity contribution in [2.24, 2.45) is 4.99 Å². The lowest BCUT2D eigenvalue weighted by molar-refractivity contribution is -0.112. The lowest BCUT2D eigenvalue weighted by Crippen LogP contribution is -2.44. The van der Waals surface area contributed by atoms with E-state index in [4.69, 9.17) is 27.9 Å². The number of carbonyl (C=O) groups is 1. The molecule has 0 atom stereocenters. The number of rotatable bonds is 11. The van der Waals surface area contributed by atoms with E-state index < -0.39 is 18.2 Å². The molecule has 1 aliphatic rings. The molecule has 0 saturated carbocycles. The summed E-state index contributed by atoms with van der Waals surface area (Å²) in [5.41, 5.74) is 3.44. The van der Waals surface area contributed by atoms with Gasteiger partial charge in [0.15, 0.2) is 0 Å². The van der Waals surface area contributed by atoms with Gasteiger partial charge in [-0.1, -0.05) is 29.8 Å². The number of amides is 1. The number of benzene rings is 1. The van der Waals surface area contributed by atoms with E-state index in [0.29, 0.717) is 51.6 Å². The summed E-state index contributed by atoms with van der Waals surface area (Å²) in [5, 5.41) is 17.5. The minimum atomic E-state index is -2.87. The fraction of sp³-hybridized carbons (Fsp3) is 0.308. The molecule has 2 aromatic heterocycles. The van der Waals surface area contributed by atoms with Crippen molar-refractivity contribution >= 4 is 46.2 Å². The fourth-order valence-corrected chi connectivity index (χ4v) is 4.32. The average molecular weight is 591 g/mol. The highest BCUT2D eigenvalue weighted by Crippen LogP contribution is 2.32. The maximum atomic E-state index is 13.7. The number of pyridine rings is 1. The second kappa shape index (κ2) is 13.1. The van der Waals surface area contributed by atoms with E-state index in [1.165, 1.54) is 13.1 Å². The first-order valence-corrected chi connectivity index (χ1v) is 12.9. The topological polar surface area (TPSA) is 119 Å². The summed E-state index contributed by atoms with van der Waals surface area (Å²) < 4.78 is 31.1. The van der Waals surface area contributed by atoms with Crippen molar-refractivity contribution in [3.05, 3.63) is 81.4 Å². The highest BCUT2D eigenvalue weighted by Gasteiger charge is 2.23. The van der Waals surface area contributed by atoms with Gasteiger partial charge in [-0.05, 0) is 48.0 Å². The Labute approximate surface area is 239 Å². The number of hydrogen-bond donors (Lipinski definition) is 2. The Morgan fingerprint density at radius 3 is 2.73 bits per heavy atom. The Morgan fingerprint density at radius 1 is 1.32 bits per heavy atom. The zero-order valence-electron chi connectivity index (χ0n) is 21.7. The van der Waals surface area contributed by atoms with Crippen molar-refractivity contribution in [2.45, 2.75) is 32.4 Å². The smallest absolute Gasteiger partial charge is 0.301 e. The van der Waals surface area contributed by atoms with Crippen LogP contribution in [0.5, 0.6) is 0 Å². The Hall–Kier alpha value is -3.74. The number of nitrogens with zero attached hydrogens (tertiary/aromatic N) is 6. The number of halogens is 4. The van der Waals surface area contributed by atoms with Crippen LogP contribution >= 0.6 is 23.2 Å². The Kier molecular flexibility index (Phi) is 9.56. The van der Waals surface area contributed by atoms with Crippen molar-refractivity contribution in [1.29, 1.82) is 0 Å². The number of tetrazole rings is 1. The van der Waals surface area contributed by atoms with Crippen LogP contribution in [0.4, 0.5) is 14.5 Å². The molecule has 4 rings (SSSR count). The standard InChI is InChI=1S/C26H26Cl2F2N8O2/c1-14-7-19(15(2)33-18-12-40-13-18)23(21(28)8-14)34-26(39)16(10-22-20(27)5-4-6-32-22)9-17(31-3)11-38-36-25(24(29)30)35-37-38/h4-9,18,24,33H,2,10-13H2,1,3H3,(H,34,39)/b16-9+,31-17+. The Bertz CT molecular complexity index is 1470. The number of aromatic nitrogens is 5. The molecule has 0 unspecified atom stereocenters. The molecule has 3 aromatic rings. The van der Waals surface area contributed by atoms with E-state index in [1.54, 1.807) is 24.4 Å². The third-order valence-corrected chi connectivity index (χ3v) is 6.54. The number of anilines is 1. The van der Waals surface area contributed by atoms with Crippen LogP contribution in [0, 0.1) is 6.92 Å². The van der Waals surface area contributed by atoms with Crippen LogP contribution in [0.2, 0.25) is 10.0 Å². The first-order chi connectivity index (χ1) is 19.1. The third-order valence-electron chi connectivity index (χ3n) is 5.89. The maximum absolute atomic E-state index is 13.7. The number of ether oxygens (including phenoxy) is 1. The summed E-state index contributed by atoms with van der Waals surface area (Å²) in [6, 6.07) is 7.04. The van der Waals surface area contributed by atoms with E-state index in [9.17, 15) is 13.6 Å². The molecule has 0 bridgehead atoms. The minimum Gasteiger partial charge on any atom is -0.378 e. The Balaban J connectivity index is 1.66. The normalized spacial score (nSPS) is 14.3. The third kappa shape index (κ3) is 7.26. The summed E-state index contributed by atoms with van der Waals surface area (Å²) >= 11 is 12.9. The van der Waals surface area contributed by atoms with Gasteiger partial charge in [-0.2, -0.15) is 4.80 Å². The van der Waals surface area contributed by atoms with Gasteiger partial charge in [0, 0.05) is 36.5 Å². The molecule has 0 radical (unpaired) electrons. The molecule has 210 valence electrons. The van der Waals surface area contributed by atoms with E-state index in [1.807, 2.05) is 13.0 Å². The van der Waals surface area contributed by atoms with Gasteiger partial charge in [-0.3, -0.25) is 14.8 Å². The highest BCUT2D eigenvalue weighted by molar-refractivity contribution is 6.34. The van der Waals surface area contributed by atoms with Crippen LogP contribution in [-0.4, -0.2) is 63.1 Å². The molecule has 3 heterocycles. The second-order valence-electron chi connectivity index (χ2n) is 8.95. The number of allylic oxidation sites excluding steroid dienone is 1. The van der Waals surface area contributed by atoms with Gasteiger partial charge in [-0.25, -0.2) is 8.78 Å². The zero-order valence-corrected chi connectivity index (χ0v) is 23.2. The lowest BCUT2D eigenvalue weighted by atomic mass is 10.0. The van der Waals surface area contributed by atoms with E-state index in [0.717, 1.165) is 10.4 Å². The van der Waals surface area contributed by atoms with Gasteiger partial charge in [0.05, 0.1) is 46.4 Å². The quantitative estimate of drug-likeness (QED) is 0.250. The number of aryl methyl sites for hydroxylation is 1. The summed E-state index contributed by atoms with van der Waals surface area (Å²) in [6.07, 6.45) is 0.237. The van der Waals surface area contributed by atoms with Gasteiger partial charge in [0.2, 0.25) is 5.82 Å². The summed E-state index contributed by atoms with van der Waals surface area (Å²) in [4.78, 5) is 23.2. The summed E-state index contributed by atoms with van der Waals surface area (Å²) in [7, 11) is 1.49. The molecule has 14 heteroatoms.